The minimum absolute atomic E-state index is 0.142. The van der Waals surface area contributed by atoms with E-state index in [9.17, 15) is 0 Å². The van der Waals surface area contributed by atoms with Crippen LogP contribution in [0.25, 0.3) is 0 Å². The average molecular weight is 293 g/mol. The molecule has 120 valence electrons. The lowest BCUT2D eigenvalue weighted by atomic mass is 10.0. The number of rotatable bonds is 5. The van der Waals surface area contributed by atoms with E-state index in [0.717, 1.165) is 25.4 Å². The zero-order valence-corrected chi connectivity index (χ0v) is 14.3. The van der Waals surface area contributed by atoms with Crippen molar-refractivity contribution in [3.8, 4) is 0 Å². The van der Waals surface area contributed by atoms with Crippen LogP contribution in [0.5, 0.6) is 0 Å². The Bertz CT molecular complexity index is 433. The minimum atomic E-state index is 0.142. The average Bonchev–Trinajstić information content (AvgIpc) is 2.83. The molecular weight excluding hydrogens is 262 g/mol. The summed E-state index contributed by atoms with van der Waals surface area (Å²) in [6.45, 7) is 10.7. The molecular formula is C17H31N3O. The van der Waals surface area contributed by atoms with E-state index in [4.69, 9.17) is 4.42 Å². The smallest absolute Gasteiger partial charge is 0.118 e. The van der Waals surface area contributed by atoms with Crippen LogP contribution in [0.3, 0.4) is 0 Å². The van der Waals surface area contributed by atoms with E-state index in [1.54, 1.807) is 0 Å². The van der Waals surface area contributed by atoms with Crippen LogP contribution in [0.1, 0.15) is 44.9 Å². The number of hydrogen-bond donors (Lipinski definition) is 1. The summed E-state index contributed by atoms with van der Waals surface area (Å²) in [6, 6.07) is 2.87. The van der Waals surface area contributed by atoms with E-state index >= 15 is 0 Å². The SMILES string of the molecule is CN(C)C1CCCN(Cc2cc(CNC(C)(C)C)co2)C1. The Kier molecular flexibility index (Phi) is 5.47. The van der Waals surface area contributed by atoms with Crippen LogP contribution in [-0.2, 0) is 13.1 Å². The predicted molar refractivity (Wildman–Crippen MR) is 87.3 cm³/mol. The Morgan fingerprint density at radius 1 is 1.38 bits per heavy atom. The van der Waals surface area contributed by atoms with Gasteiger partial charge in [0, 0.05) is 30.2 Å². The van der Waals surface area contributed by atoms with Gasteiger partial charge in [-0.1, -0.05) is 0 Å². The van der Waals surface area contributed by atoms with Crippen molar-refractivity contribution in [2.45, 2.75) is 58.3 Å². The van der Waals surface area contributed by atoms with Gasteiger partial charge in [0.15, 0.2) is 0 Å². The van der Waals surface area contributed by atoms with Gasteiger partial charge in [-0.25, -0.2) is 0 Å². The van der Waals surface area contributed by atoms with Crippen molar-refractivity contribution in [2.75, 3.05) is 27.2 Å². The third-order valence-corrected chi connectivity index (χ3v) is 4.12. The fraction of sp³-hybridized carbons (Fsp3) is 0.765. The second-order valence-electron chi connectivity index (χ2n) is 7.52. The first-order chi connectivity index (χ1) is 9.83. The molecule has 0 spiro atoms. The van der Waals surface area contributed by atoms with Gasteiger partial charge in [-0.2, -0.15) is 0 Å². The Morgan fingerprint density at radius 3 is 2.81 bits per heavy atom. The zero-order chi connectivity index (χ0) is 15.5. The predicted octanol–water partition coefficient (Wildman–Crippen LogP) is 2.69. The summed E-state index contributed by atoms with van der Waals surface area (Å²) >= 11 is 0. The summed E-state index contributed by atoms with van der Waals surface area (Å²) in [7, 11) is 4.36. The summed E-state index contributed by atoms with van der Waals surface area (Å²) in [5.74, 6) is 1.08. The third kappa shape index (κ3) is 5.46. The molecule has 0 bridgehead atoms. The second-order valence-corrected chi connectivity index (χ2v) is 7.52. The normalized spacial score (nSPS) is 21.1. The molecule has 1 saturated heterocycles. The fourth-order valence-corrected chi connectivity index (χ4v) is 2.79. The van der Waals surface area contributed by atoms with Crippen LogP contribution in [-0.4, -0.2) is 48.6 Å². The number of piperidine rings is 1. The summed E-state index contributed by atoms with van der Waals surface area (Å²) in [5.41, 5.74) is 1.38. The standard InChI is InChI=1S/C17H31N3O/c1-17(2,3)18-10-14-9-16(21-13-14)12-20-8-6-7-15(11-20)19(4)5/h9,13,15,18H,6-8,10-12H2,1-5H3. The van der Waals surface area contributed by atoms with E-state index in [1.165, 1.54) is 24.9 Å². The van der Waals surface area contributed by atoms with Crippen molar-refractivity contribution in [2.24, 2.45) is 0 Å². The minimum Gasteiger partial charge on any atom is -0.468 e. The highest BCUT2D eigenvalue weighted by atomic mass is 16.3. The maximum absolute atomic E-state index is 5.73. The molecule has 4 heteroatoms. The highest BCUT2D eigenvalue weighted by molar-refractivity contribution is 5.13. The van der Waals surface area contributed by atoms with Gasteiger partial charge in [0.25, 0.3) is 0 Å². The lowest BCUT2D eigenvalue weighted by Crippen LogP contribution is -2.44. The van der Waals surface area contributed by atoms with Crippen molar-refractivity contribution >= 4 is 0 Å². The molecule has 0 aromatic carbocycles. The molecule has 1 aromatic rings. The zero-order valence-electron chi connectivity index (χ0n) is 14.3. The Labute approximate surface area is 129 Å². The van der Waals surface area contributed by atoms with Crippen LogP contribution >= 0.6 is 0 Å². The number of furan rings is 1. The molecule has 1 atom stereocenters. The number of likely N-dealkylation sites (N-methyl/N-ethyl adjacent to an activating group) is 1. The molecule has 0 aliphatic carbocycles. The van der Waals surface area contributed by atoms with Gasteiger partial charge in [0.1, 0.15) is 5.76 Å². The lowest BCUT2D eigenvalue weighted by molar-refractivity contribution is 0.121. The first-order valence-electron chi connectivity index (χ1n) is 8.03. The molecule has 2 rings (SSSR count). The quantitative estimate of drug-likeness (QED) is 0.904. The molecule has 4 nitrogen and oxygen atoms in total. The van der Waals surface area contributed by atoms with Gasteiger partial charge in [-0.15, -0.1) is 0 Å². The van der Waals surface area contributed by atoms with Gasteiger partial charge < -0.3 is 14.6 Å². The van der Waals surface area contributed by atoms with E-state index in [-0.39, 0.29) is 5.54 Å². The second kappa shape index (κ2) is 6.95. The molecule has 21 heavy (non-hydrogen) atoms. The maximum Gasteiger partial charge on any atom is 0.118 e. The Hall–Kier alpha value is -0.840. The molecule has 1 aromatic heterocycles. The van der Waals surface area contributed by atoms with Crippen molar-refractivity contribution in [1.29, 1.82) is 0 Å². The number of likely N-dealkylation sites (tertiary alicyclic amines) is 1. The van der Waals surface area contributed by atoms with Crippen LogP contribution in [0, 0.1) is 0 Å². The van der Waals surface area contributed by atoms with E-state index < -0.39 is 0 Å². The fourth-order valence-electron chi connectivity index (χ4n) is 2.79. The highest BCUT2D eigenvalue weighted by Gasteiger charge is 2.22. The highest BCUT2D eigenvalue weighted by Crippen LogP contribution is 2.18. The van der Waals surface area contributed by atoms with E-state index in [0.29, 0.717) is 6.04 Å². The van der Waals surface area contributed by atoms with Crippen molar-refractivity contribution in [3.63, 3.8) is 0 Å². The number of nitrogens with zero attached hydrogens (tertiary/aromatic N) is 2. The van der Waals surface area contributed by atoms with Crippen molar-refractivity contribution in [3.05, 3.63) is 23.7 Å². The molecule has 1 aliphatic heterocycles. The number of nitrogens with one attached hydrogen (secondary N) is 1. The summed E-state index contributed by atoms with van der Waals surface area (Å²) in [5, 5.41) is 3.50. The van der Waals surface area contributed by atoms with E-state index in [2.05, 4.69) is 56.0 Å². The number of hydrogen-bond acceptors (Lipinski definition) is 4. The summed E-state index contributed by atoms with van der Waals surface area (Å²) < 4.78 is 5.73. The third-order valence-electron chi connectivity index (χ3n) is 4.12. The van der Waals surface area contributed by atoms with Gasteiger partial charge in [0.2, 0.25) is 0 Å². The van der Waals surface area contributed by atoms with Gasteiger partial charge in [-0.3, -0.25) is 4.90 Å². The van der Waals surface area contributed by atoms with Crippen LogP contribution < -0.4 is 5.32 Å². The molecule has 0 saturated carbocycles. The first kappa shape index (κ1) is 16.5. The van der Waals surface area contributed by atoms with Gasteiger partial charge in [-0.05, 0) is 60.3 Å². The molecule has 1 fully saturated rings. The topological polar surface area (TPSA) is 31.6 Å². The molecule has 1 unspecified atom stereocenters. The first-order valence-corrected chi connectivity index (χ1v) is 8.03. The van der Waals surface area contributed by atoms with Crippen LogP contribution in [0.4, 0.5) is 0 Å². The molecule has 1 N–H and O–H groups in total. The lowest BCUT2D eigenvalue weighted by Gasteiger charge is -2.35. The molecule has 0 amide bonds. The Balaban J connectivity index is 1.84. The maximum atomic E-state index is 5.73. The Morgan fingerprint density at radius 2 is 2.14 bits per heavy atom. The summed E-state index contributed by atoms with van der Waals surface area (Å²) in [6.07, 6.45) is 4.48. The summed E-state index contributed by atoms with van der Waals surface area (Å²) in [4.78, 5) is 4.85. The van der Waals surface area contributed by atoms with Crippen LogP contribution in [0.2, 0.25) is 0 Å². The molecule has 2 heterocycles. The van der Waals surface area contributed by atoms with E-state index in [1.807, 2.05) is 6.26 Å². The van der Waals surface area contributed by atoms with Crippen molar-refractivity contribution < 1.29 is 4.42 Å². The largest absolute Gasteiger partial charge is 0.468 e. The molecule has 1 aliphatic rings. The van der Waals surface area contributed by atoms with Crippen molar-refractivity contribution in [1.82, 2.24) is 15.1 Å². The van der Waals surface area contributed by atoms with Gasteiger partial charge in [0.05, 0.1) is 12.8 Å². The van der Waals surface area contributed by atoms with Gasteiger partial charge >= 0.3 is 0 Å². The monoisotopic (exact) mass is 293 g/mol. The molecule has 0 radical (unpaired) electrons. The van der Waals surface area contributed by atoms with Crippen LogP contribution in [0.15, 0.2) is 16.7 Å².